The molecule has 0 saturated carbocycles. The molecule has 0 aliphatic carbocycles. The van der Waals surface area contributed by atoms with Crippen molar-refractivity contribution in [2.45, 2.75) is 39.5 Å². The Bertz CT molecular complexity index is 447. The van der Waals surface area contributed by atoms with E-state index in [2.05, 4.69) is 0 Å². The number of carbonyl (C=O) groups is 1. The van der Waals surface area contributed by atoms with Crippen LogP contribution in [0.25, 0.3) is 0 Å². The van der Waals surface area contributed by atoms with E-state index in [-0.39, 0.29) is 30.0 Å². The first-order valence-corrected chi connectivity index (χ1v) is 6.20. The van der Waals surface area contributed by atoms with Crippen LogP contribution in [0.5, 0.6) is 0 Å². The van der Waals surface area contributed by atoms with Crippen LogP contribution in [0.1, 0.15) is 26.3 Å². The smallest absolute Gasteiger partial charge is 0.410 e. The Hall–Kier alpha value is -1.58. The number of hydrogen-bond donors (Lipinski definition) is 0. The van der Waals surface area contributed by atoms with Gasteiger partial charge in [-0.15, -0.1) is 0 Å². The zero-order chi connectivity index (χ0) is 13.3. The molecule has 1 amide bonds. The van der Waals surface area contributed by atoms with Crippen molar-refractivity contribution in [1.29, 1.82) is 0 Å². The average Bonchev–Trinajstić information content (AvgIpc) is 2.57. The second-order valence-electron chi connectivity index (χ2n) is 5.09. The first kappa shape index (κ1) is 12.9. The highest BCUT2D eigenvalue weighted by atomic mass is 19.1. The molecule has 0 bridgehead atoms. The van der Waals surface area contributed by atoms with Crippen LogP contribution in [0.4, 0.5) is 9.18 Å². The maximum atomic E-state index is 13.1. The highest BCUT2D eigenvalue weighted by Crippen LogP contribution is 2.26. The van der Waals surface area contributed by atoms with Crippen LogP contribution >= 0.6 is 0 Å². The average molecular weight is 251 g/mol. The molecule has 1 saturated heterocycles. The number of rotatable bonds is 3. The van der Waals surface area contributed by atoms with Gasteiger partial charge in [-0.05, 0) is 30.5 Å². The summed E-state index contributed by atoms with van der Waals surface area (Å²) in [5.41, 5.74) is 0.781. The standard InChI is InChI=1S/C14H18FNO2/c1-9(2)13-10(3)16(14(17)18-13)8-11-5-4-6-12(15)7-11/h4-7,9-10,13H,8H2,1-3H3/t10-,13-/m1/s1. The van der Waals surface area contributed by atoms with Gasteiger partial charge in [0.15, 0.2) is 0 Å². The van der Waals surface area contributed by atoms with Crippen LogP contribution in [0.3, 0.4) is 0 Å². The number of carbonyl (C=O) groups excluding carboxylic acids is 1. The number of amides is 1. The van der Waals surface area contributed by atoms with Crippen LogP contribution in [0, 0.1) is 11.7 Å². The third-order valence-electron chi connectivity index (χ3n) is 3.34. The van der Waals surface area contributed by atoms with E-state index in [1.54, 1.807) is 11.0 Å². The Labute approximate surface area is 107 Å². The topological polar surface area (TPSA) is 29.5 Å². The molecule has 1 fully saturated rings. The van der Waals surface area contributed by atoms with E-state index in [1.807, 2.05) is 26.8 Å². The van der Waals surface area contributed by atoms with Gasteiger partial charge in [0.05, 0.1) is 6.04 Å². The zero-order valence-electron chi connectivity index (χ0n) is 10.9. The van der Waals surface area contributed by atoms with E-state index >= 15 is 0 Å². The summed E-state index contributed by atoms with van der Waals surface area (Å²) in [5, 5.41) is 0. The van der Waals surface area contributed by atoms with E-state index < -0.39 is 0 Å². The Balaban J connectivity index is 2.12. The third kappa shape index (κ3) is 2.47. The van der Waals surface area contributed by atoms with Gasteiger partial charge in [0, 0.05) is 6.54 Å². The molecule has 1 aromatic rings. The summed E-state index contributed by atoms with van der Waals surface area (Å²) in [6.07, 6.45) is -0.406. The van der Waals surface area contributed by atoms with Gasteiger partial charge in [0.25, 0.3) is 0 Å². The van der Waals surface area contributed by atoms with Crippen LogP contribution < -0.4 is 0 Å². The normalized spacial score (nSPS) is 23.6. The lowest BCUT2D eigenvalue weighted by atomic mass is 10.0. The molecule has 3 nitrogen and oxygen atoms in total. The quantitative estimate of drug-likeness (QED) is 0.825. The summed E-state index contributed by atoms with van der Waals surface area (Å²) in [5.74, 6) is -0.00501. The number of nitrogens with zero attached hydrogens (tertiary/aromatic N) is 1. The molecule has 1 aliphatic heterocycles. The van der Waals surface area contributed by atoms with Crippen molar-refractivity contribution in [1.82, 2.24) is 4.90 Å². The van der Waals surface area contributed by atoms with Crippen molar-refractivity contribution in [3.8, 4) is 0 Å². The molecule has 0 spiro atoms. The number of hydrogen-bond acceptors (Lipinski definition) is 2. The molecule has 18 heavy (non-hydrogen) atoms. The predicted molar refractivity (Wildman–Crippen MR) is 66.5 cm³/mol. The van der Waals surface area contributed by atoms with Crippen molar-refractivity contribution in [2.24, 2.45) is 5.92 Å². The summed E-state index contributed by atoms with van der Waals surface area (Å²) in [6.45, 7) is 6.41. The van der Waals surface area contributed by atoms with Gasteiger partial charge in [-0.1, -0.05) is 26.0 Å². The fourth-order valence-electron chi connectivity index (χ4n) is 2.36. The lowest BCUT2D eigenvalue weighted by Crippen LogP contribution is -2.35. The minimum Gasteiger partial charge on any atom is -0.444 e. The predicted octanol–water partition coefficient (Wildman–Crippen LogP) is 3.19. The van der Waals surface area contributed by atoms with E-state index in [1.165, 1.54) is 12.1 Å². The van der Waals surface area contributed by atoms with Crippen molar-refractivity contribution >= 4 is 6.09 Å². The molecule has 1 aromatic carbocycles. The molecule has 0 N–H and O–H groups in total. The Kier molecular flexibility index (Phi) is 3.55. The summed E-state index contributed by atoms with van der Waals surface area (Å²) in [6, 6.07) is 6.32. The number of cyclic esters (lactones) is 1. The minimum absolute atomic E-state index is 0.0146. The molecule has 98 valence electrons. The zero-order valence-corrected chi connectivity index (χ0v) is 10.9. The Morgan fingerprint density at radius 1 is 1.44 bits per heavy atom. The number of benzene rings is 1. The lowest BCUT2D eigenvalue weighted by Gasteiger charge is -2.22. The van der Waals surface area contributed by atoms with Crippen molar-refractivity contribution in [3.63, 3.8) is 0 Å². The molecule has 2 atom stereocenters. The summed E-state index contributed by atoms with van der Waals surface area (Å²) in [4.78, 5) is 13.5. The van der Waals surface area contributed by atoms with E-state index in [4.69, 9.17) is 4.74 Å². The molecule has 0 aromatic heterocycles. The SMILES string of the molecule is CC(C)[C@H]1OC(=O)N(Cc2cccc(F)c2)[C@@H]1C. The molecule has 0 radical (unpaired) electrons. The van der Waals surface area contributed by atoms with Gasteiger partial charge >= 0.3 is 6.09 Å². The van der Waals surface area contributed by atoms with Crippen molar-refractivity contribution < 1.29 is 13.9 Å². The second kappa shape index (κ2) is 4.96. The summed E-state index contributed by atoms with van der Waals surface area (Å²) < 4.78 is 18.4. The minimum atomic E-state index is -0.314. The molecule has 1 aliphatic rings. The Morgan fingerprint density at radius 3 is 2.72 bits per heavy atom. The first-order valence-electron chi connectivity index (χ1n) is 6.20. The van der Waals surface area contributed by atoms with Crippen LogP contribution in [0.2, 0.25) is 0 Å². The highest BCUT2D eigenvalue weighted by molar-refractivity contribution is 5.70. The van der Waals surface area contributed by atoms with Gasteiger partial charge in [0.1, 0.15) is 11.9 Å². The van der Waals surface area contributed by atoms with Crippen LogP contribution in [-0.4, -0.2) is 23.1 Å². The van der Waals surface area contributed by atoms with Crippen LogP contribution in [0.15, 0.2) is 24.3 Å². The molecular formula is C14H18FNO2. The lowest BCUT2D eigenvalue weighted by molar-refractivity contribution is 0.104. The van der Waals surface area contributed by atoms with Gasteiger partial charge in [-0.2, -0.15) is 0 Å². The number of ether oxygens (including phenoxy) is 1. The van der Waals surface area contributed by atoms with E-state index in [0.717, 1.165) is 5.56 Å². The summed E-state index contributed by atoms with van der Waals surface area (Å²) >= 11 is 0. The fourth-order valence-corrected chi connectivity index (χ4v) is 2.36. The molecular weight excluding hydrogens is 233 g/mol. The van der Waals surface area contributed by atoms with Gasteiger partial charge in [-0.3, -0.25) is 4.90 Å². The monoisotopic (exact) mass is 251 g/mol. The van der Waals surface area contributed by atoms with Crippen molar-refractivity contribution in [2.75, 3.05) is 0 Å². The third-order valence-corrected chi connectivity index (χ3v) is 3.34. The van der Waals surface area contributed by atoms with Crippen molar-refractivity contribution in [3.05, 3.63) is 35.6 Å². The van der Waals surface area contributed by atoms with Crippen LogP contribution in [-0.2, 0) is 11.3 Å². The highest BCUT2D eigenvalue weighted by Gasteiger charge is 2.40. The van der Waals surface area contributed by atoms with Gasteiger partial charge in [-0.25, -0.2) is 9.18 Å². The number of halogens is 1. The van der Waals surface area contributed by atoms with E-state index in [9.17, 15) is 9.18 Å². The van der Waals surface area contributed by atoms with E-state index in [0.29, 0.717) is 6.54 Å². The largest absolute Gasteiger partial charge is 0.444 e. The molecule has 4 heteroatoms. The maximum absolute atomic E-state index is 13.1. The molecule has 1 heterocycles. The molecule has 2 rings (SSSR count). The van der Waals surface area contributed by atoms with Gasteiger partial charge < -0.3 is 4.74 Å². The fraction of sp³-hybridized carbons (Fsp3) is 0.500. The molecule has 0 unspecified atom stereocenters. The first-order chi connectivity index (χ1) is 8.49. The Morgan fingerprint density at radius 2 is 2.17 bits per heavy atom. The van der Waals surface area contributed by atoms with Gasteiger partial charge in [0.2, 0.25) is 0 Å². The maximum Gasteiger partial charge on any atom is 0.410 e. The second-order valence-corrected chi connectivity index (χ2v) is 5.09. The summed E-state index contributed by atoms with van der Waals surface area (Å²) in [7, 11) is 0.